The van der Waals surface area contributed by atoms with Crippen molar-refractivity contribution < 1.29 is 8.42 Å². The minimum atomic E-state index is -3.51. The molecule has 0 bridgehead atoms. The van der Waals surface area contributed by atoms with Crippen LogP contribution in [-0.4, -0.2) is 38.0 Å². The maximum absolute atomic E-state index is 12.3. The van der Waals surface area contributed by atoms with E-state index in [4.69, 9.17) is 0 Å². The van der Waals surface area contributed by atoms with Crippen LogP contribution in [0.25, 0.3) is 0 Å². The largest absolute Gasteiger partial charge is 0.370 e. The average Bonchev–Trinajstić information content (AvgIpc) is 2.59. The Labute approximate surface area is 149 Å². The molecule has 1 aromatic heterocycles. The van der Waals surface area contributed by atoms with E-state index in [1.54, 1.807) is 12.1 Å². The molecule has 1 heterocycles. The second-order valence-corrected chi connectivity index (χ2v) is 7.34. The lowest BCUT2D eigenvalue weighted by Gasteiger charge is -2.10. The molecule has 0 unspecified atom stereocenters. The fourth-order valence-corrected chi connectivity index (χ4v) is 3.30. The molecule has 0 aliphatic rings. The van der Waals surface area contributed by atoms with Gasteiger partial charge in [-0.15, -0.1) is 0 Å². The molecule has 0 radical (unpaired) electrons. The number of anilines is 2. The van der Waals surface area contributed by atoms with Crippen LogP contribution >= 0.6 is 0 Å². The number of sulfonamides is 1. The van der Waals surface area contributed by atoms with Crippen LogP contribution in [0, 0.1) is 6.92 Å². The maximum atomic E-state index is 12.3. The highest BCUT2D eigenvalue weighted by molar-refractivity contribution is 7.89. The monoisotopic (exact) mass is 363 g/mol. The summed E-state index contributed by atoms with van der Waals surface area (Å²) in [6.07, 6.45) is 0.878. The fourth-order valence-electron chi connectivity index (χ4n) is 2.27. The summed E-state index contributed by atoms with van der Waals surface area (Å²) in [6.45, 7) is 7.31. The Morgan fingerprint density at radius 1 is 1.00 bits per heavy atom. The highest BCUT2D eigenvalue weighted by atomic mass is 32.2. The van der Waals surface area contributed by atoms with Crippen molar-refractivity contribution >= 4 is 21.8 Å². The molecular weight excluding hydrogens is 338 g/mol. The van der Waals surface area contributed by atoms with Crippen LogP contribution in [-0.2, 0) is 16.4 Å². The second-order valence-electron chi connectivity index (χ2n) is 5.57. The van der Waals surface area contributed by atoms with Crippen LogP contribution in [0.3, 0.4) is 0 Å². The zero-order valence-corrected chi connectivity index (χ0v) is 15.7. The Hall–Kier alpha value is -2.19. The number of aryl methyl sites for hydroxylation is 2. The van der Waals surface area contributed by atoms with Gasteiger partial charge in [-0.2, -0.15) is 4.98 Å². The SMILES string of the molecule is CCNc1cc(C)nc(NCCNS(=O)(=O)c2ccc(CC)cc2)n1. The van der Waals surface area contributed by atoms with Gasteiger partial charge < -0.3 is 10.6 Å². The molecule has 0 atom stereocenters. The fraction of sp³-hybridized carbons (Fsp3) is 0.412. The molecule has 1 aromatic carbocycles. The van der Waals surface area contributed by atoms with Gasteiger partial charge in [-0.05, 0) is 38.0 Å². The van der Waals surface area contributed by atoms with Gasteiger partial charge in [-0.25, -0.2) is 18.1 Å². The van der Waals surface area contributed by atoms with E-state index < -0.39 is 10.0 Å². The molecule has 25 heavy (non-hydrogen) atoms. The van der Waals surface area contributed by atoms with Gasteiger partial charge in [0.25, 0.3) is 0 Å². The summed E-state index contributed by atoms with van der Waals surface area (Å²) in [5.74, 6) is 1.22. The summed E-state index contributed by atoms with van der Waals surface area (Å²) < 4.78 is 27.1. The molecule has 7 nitrogen and oxygen atoms in total. The molecule has 8 heteroatoms. The van der Waals surface area contributed by atoms with E-state index in [1.807, 2.05) is 39.0 Å². The zero-order chi connectivity index (χ0) is 18.3. The van der Waals surface area contributed by atoms with E-state index in [2.05, 4.69) is 25.3 Å². The van der Waals surface area contributed by atoms with Crippen LogP contribution in [0.5, 0.6) is 0 Å². The van der Waals surface area contributed by atoms with E-state index in [0.717, 1.165) is 30.0 Å². The van der Waals surface area contributed by atoms with Crippen LogP contribution in [0.15, 0.2) is 35.2 Å². The van der Waals surface area contributed by atoms with Crippen molar-refractivity contribution in [3.8, 4) is 0 Å². The number of rotatable bonds is 9. The van der Waals surface area contributed by atoms with Crippen molar-refractivity contribution in [2.24, 2.45) is 0 Å². The van der Waals surface area contributed by atoms with Crippen LogP contribution in [0.2, 0.25) is 0 Å². The Morgan fingerprint density at radius 3 is 2.36 bits per heavy atom. The normalized spacial score (nSPS) is 11.3. The Morgan fingerprint density at radius 2 is 1.72 bits per heavy atom. The van der Waals surface area contributed by atoms with Gasteiger partial charge in [-0.3, -0.25) is 0 Å². The van der Waals surface area contributed by atoms with E-state index in [9.17, 15) is 8.42 Å². The van der Waals surface area contributed by atoms with Crippen molar-refractivity contribution in [1.29, 1.82) is 0 Å². The summed E-state index contributed by atoms with van der Waals surface area (Å²) in [5.41, 5.74) is 1.94. The predicted octanol–water partition coefficient (Wildman–Crippen LogP) is 2.17. The first-order valence-electron chi connectivity index (χ1n) is 8.36. The van der Waals surface area contributed by atoms with E-state index >= 15 is 0 Å². The molecule has 0 saturated heterocycles. The molecule has 0 spiro atoms. The highest BCUT2D eigenvalue weighted by Gasteiger charge is 2.12. The smallest absolute Gasteiger partial charge is 0.240 e. The maximum Gasteiger partial charge on any atom is 0.240 e. The third-order valence-electron chi connectivity index (χ3n) is 3.55. The lowest BCUT2D eigenvalue weighted by atomic mass is 10.2. The van der Waals surface area contributed by atoms with Gasteiger partial charge in [0, 0.05) is 31.4 Å². The van der Waals surface area contributed by atoms with Gasteiger partial charge in [0.15, 0.2) is 0 Å². The predicted molar refractivity (Wildman–Crippen MR) is 100 cm³/mol. The van der Waals surface area contributed by atoms with Gasteiger partial charge in [0.2, 0.25) is 16.0 Å². The Kier molecular flexibility index (Phi) is 6.72. The lowest BCUT2D eigenvalue weighted by Crippen LogP contribution is -2.29. The summed E-state index contributed by atoms with van der Waals surface area (Å²) in [6, 6.07) is 8.77. The molecule has 0 aliphatic heterocycles. The minimum Gasteiger partial charge on any atom is -0.370 e. The molecule has 0 aliphatic carbocycles. The standard InChI is InChI=1S/C17H25N5O2S/c1-4-14-6-8-15(9-7-14)25(23,24)20-11-10-19-17-21-13(3)12-16(22-17)18-5-2/h6-9,12,20H,4-5,10-11H2,1-3H3,(H2,18,19,21,22). The number of benzene rings is 1. The van der Waals surface area contributed by atoms with Gasteiger partial charge in [-0.1, -0.05) is 19.1 Å². The number of nitrogens with zero attached hydrogens (tertiary/aromatic N) is 2. The third kappa shape index (κ3) is 5.68. The number of aromatic nitrogens is 2. The molecule has 136 valence electrons. The van der Waals surface area contributed by atoms with E-state index in [0.29, 0.717) is 12.5 Å². The average molecular weight is 363 g/mol. The minimum absolute atomic E-state index is 0.242. The quantitative estimate of drug-likeness (QED) is 0.591. The number of nitrogens with one attached hydrogen (secondary N) is 3. The van der Waals surface area contributed by atoms with E-state index in [1.165, 1.54) is 0 Å². The number of hydrogen-bond donors (Lipinski definition) is 3. The zero-order valence-electron chi connectivity index (χ0n) is 14.8. The molecule has 0 saturated carbocycles. The summed E-state index contributed by atoms with van der Waals surface area (Å²) in [7, 11) is -3.51. The molecule has 3 N–H and O–H groups in total. The molecular formula is C17H25N5O2S. The molecule has 2 rings (SSSR count). The highest BCUT2D eigenvalue weighted by Crippen LogP contribution is 2.11. The van der Waals surface area contributed by atoms with Crippen molar-refractivity contribution in [3.05, 3.63) is 41.6 Å². The van der Waals surface area contributed by atoms with Gasteiger partial charge in [0.05, 0.1) is 4.90 Å². The molecule has 0 amide bonds. The van der Waals surface area contributed by atoms with Gasteiger partial charge in [0.1, 0.15) is 5.82 Å². The Balaban J connectivity index is 1.89. The van der Waals surface area contributed by atoms with Crippen molar-refractivity contribution in [2.75, 3.05) is 30.3 Å². The van der Waals surface area contributed by atoms with Crippen LogP contribution < -0.4 is 15.4 Å². The van der Waals surface area contributed by atoms with E-state index in [-0.39, 0.29) is 11.4 Å². The molecule has 0 fully saturated rings. The van der Waals surface area contributed by atoms with Crippen LogP contribution in [0.1, 0.15) is 25.1 Å². The summed E-state index contributed by atoms with van der Waals surface area (Å²) >= 11 is 0. The van der Waals surface area contributed by atoms with Crippen molar-refractivity contribution in [2.45, 2.75) is 32.1 Å². The van der Waals surface area contributed by atoms with Crippen LogP contribution in [0.4, 0.5) is 11.8 Å². The second kappa shape index (κ2) is 8.77. The topological polar surface area (TPSA) is 96.0 Å². The summed E-state index contributed by atoms with van der Waals surface area (Å²) in [5, 5.41) is 6.17. The summed E-state index contributed by atoms with van der Waals surface area (Å²) in [4.78, 5) is 8.88. The van der Waals surface area contributed by atoms with Crippen molar-refractivity contribution in [3.63, 3.8) is 0 Å². The Bertz CT molecular complexity index is 791. The first-order valence-corrected chi connectivity index (χ1v) is 9.85. The lowest BCUT2D eigenvalue weighted by molar-refractivity contribution is 0.583. The molecule has 2 aromatic rings. The van der Waals surface area contributed by atoms with Crippen molar-refractivity contribution in [1.82, 2.24) is 14.7 Å². The number of hydrogen-bond acceptors (Lipinski definition) is 6. The van der Waals surface area contributed by atoms with Gasteiger partial charge >= 0.3 is 0 Å². The first kappa shape index (κ1) is 19.1. The third-order valence-corrected chi connectivity index (χ3v) is 5.03. The first-order chi connectivity index (χ1) is 11.9.